The van der Waals surface area contributed by atoms with Crippen molar-refractivity contribution in [3.63, 3.8) is 0 Å². The van der Waals surface area contributed by atoms with E-state index in [2.05, 4.69) is 15.3 Å². The number of aromatic hydroxyl groups is 1. The largest absolute Gasteiger partial charge is 0.508 e. The molecule has 2 aromatic rings. The first-order valence-electron chi connectivity index (χ1n) is 5.19. The van der Waals surface area contributed by atoms with Crippen LogP contribution in [-0.2, 0) is 6.54 Å². The lowest BCUT2D eigenvalue weighted by Gasteiger charge is -2.07. The predicted octanol–water partition coefficient (Wildman–Crippen LogP) is 2.34. The van der Waals surface area contributed by atoms with Gasteiger partial charge in [-0.1, -0.05) is 6.07 Å². The molecule has 1 aromatic carbocycles. The number of rotatable bonds is 3. The number of imidazole rings is 1. The van der Waals surface area contributed by atoms with Crippen molar-refractivity contribution in [3.05, 3.63) is 41.5 Å². The highest BCUT2D eigenvalue weighted by atomic mass is 16.3. The third-order valence-electron chi connectivity index (χ3n) is 2.60. The molecule has 0 spiro atoms. The molecule has 2 rings (SSSR count). The van der Waals surface area contributed by atoms with Crippen LogP contribution in [0.3, 0.4) is 0 Å². The number of aromatic amines is 1. The van der Waals surface area contributed by atoms with E-state index >= 15 is 0 Å². The van der Waals surface area contributed by atoms with E-state index < -0.39 is 0 Å². The van der Waals surface area contributed by atoms with Crippen molar-refractivity contribution in [1.82, 2.24) is 9.97 Å². The molecule has 0 saturated carbocycles. The fourth-order valence-corrected chi connectivity index (χ4v) is 1.47. The summed E-state index contributed by atoms with van der Waals surface area (Å²) >= 11 is 0. The minimum Gasteiger partial charge on any atom is -0.508 e. The fraction of sp³-hybridized carbons (Fsp3) is 0.250. The van der Waals surface area contributed by atoms with Gasteiger partial charge in [0.1, 0.15) is 5.75 Å². The zero-order valence-corrected chi connectivity index (χ0v) is 9.41. The van der Waals surface area contributed by atoms with Crippen LogP contribution in [0.1, 0.15) is 17.0 Å². The van der Waals surface area contributed by atoms with Crippen molar-refractivity contribution < 1.29 is 5.11 Å². The van der Waals surface area contributed by atoms with Crippen LogP contribution < -0.4 is 5.32 Å². The van der Waals surface area contributed by atoms with E-state index in [9.17, 15) is 5.11 Å². The second kappa shape index (κ2) is 4.26. The number of hydrogen-bond donors (Lipinski definition) is 3. The minimum absolute atomic E-state index is 0.309. The molecule has 0 fully saturated rings. The topological polar surface area (TPSA) is 60.9 Å². The van der Waals surface area contributed by atoms with Gasteiger partial charge in [-0.2, -0.15) is 0 Å². The monoisotopic (exact) mass is 217 g/mol. The van der Waals surface area contributed by atoms with Crippen LogP contribution >= 0.6 is 0 Å². The molecular formula is C12H15N3O. The molecule has 4 heteroatoms. The highest BCUT2D eigenvalue weighted by Gasteiger charge is 2.02. The number of aryl methyl sites for hydroxylation is 2. The molecule has 0 atom stereocenters. The first kappa shape index (κ1) is 10.5. The molecule has 0 aliphatic carbocycles. The molecule has 0 aliphatic rings. The molecule has 0 unspecified atom stereocenters. The predicted molar refractivity (Wildman–Crippen MR) is 63.5 cm³/mol. The smallest absolute Gasteiger partial charge is 0.120 e. The van der Waals surface area contributed by atoms with Gasteiger partial charge in [0.2, 0.25) is 0 Å². The molecule has 1 heterocycles. The quantitative estimate of drug-likeness (QED) is 0.739. The summed E-state index contributed by atoms with van der Waals surface area (Å²) in [6.07, 6.45) is 1.68. The SMILES string of the molecule is Cc1ccc(NCc2nc[nH]c2C)cc1O. The Bertz CT molecular complexity index is 491. The third-order valence-corrected chi connectivity index (χ3v) is 2.60. The summed E-state index contributed by atoms with van der Waals surface area (Å²) < 4.78 is 0. The Morgan fingerprint density at radius 3 is 2.81 bits per heavy atom. The van der Waals surface area contributed by atoms with Crippen molar-refractivity contribution in [2.75, 3.05) is 5.32 Å². The summed E-state index contributed by atoms with van der Waals surface area (Å²) in [5.41, 5.74) is 3.82. The lowest BCUT2D eigenvalue weighted by molar-refractivity contribution is 0.471. The van der Waals surface area contributed by atoms with Crippen LogP contribution in [0.25, 0.3) is 0 Å². The molecule has 4 nitrogen and oxygen atoms in total. The molecular weight excluding hydrogens is 202 g/mol. The van der Waals surface area contributed by atoms with Gasteiger partial charge < -0.3 is 15.4 Å². The summed E-state index contributed by atoms with van der Waals surface area (Å²) in [7, 11) is 0. The van der Waals surface area contributed by atoms with Crippen LogP contribution in [0.4, 0.5) is 5.69 Å². The number of anilines is 1. The Labute approximate surface area is 94.4 Å². The minimum atomic E-state index is 0.309. The van der Waals surface area contributed by atoms with Crippen molar-refractivity contribution in [2.24, 2.45) is 0 Å². The maximum atomic E-state index is 9.55. The van der Waals surface area contributed by atoms with Crippen molar-refractivity contribution >= 4 is 5.69 Å². The molecule has 16 heavy (non-hydrogen) atoms. The van der Waals surface area contributed by atoms with E-state index in [1.807, 2.05) is 26.0 Å². The average Bonchev–Trinajstić information content (AvgIpc) is 2.66. The normalized spacial score (nSPS) is 10.4. The molecule has 0 amide bonds. The molecule has 0 bridgehead atoms. The molecule has 3 N–H and O–H groups in total. The van der Waals surface area contributed by atoms with E-state index in [4.69, 9.17) is 0 Å². The second-order valence-electron chi connectivity index (χ2n) is 3.83. The zero-order valence-electron chi connectivity index (χ0n) is 9.41. The first-order valence-corrected chi connectivity index (χ1v) is 5.19. The van der Waals surface area contributed by atoms with Gasteiger partial charge in [0, 0.05) is 17.4 Å². The van der Waals surface area contributed by atoms with E-state index in [1.54, 1.807) is 12.4 Å². The average molecular weight is 217 g/mol. The van der Waals surface area contributed by atoms with Gasteiger partial charge in [-0.05, 0) is 25.5 Å². The maximum Gasteiger partial charge on any atom is 0.120 e. The Hall–Kier alpha value is -1.97. The maximum absolute atomic E-state index is 9.55. The van der Waals surface area contributed by atoms with Crippen molar-refractivity contribution in [3.8, 4) is 5.75 Å². The summed E-state index contributed by atoms with van der Waals surface area (Å²) in [4.78, 5) is 7.22. The van der Waals surface area contributed by atoms with Gasteiger partial charge in [0.15, 0.2) is 0 Å². The number of phenolic OH excluding ortho intramolecular Hbond substituents is 1. The fourth-order valence-electron chi connectivity index (χ4n) is 1.47. The van der Waals surface area contributed by atoms with Crippen LogP contribution in [0.15, 0.2) is 24.5 Å². The first-order chi connectivity index (χ1) is 7.66. The van der Waals surface area contributed by atoms with E-state index in [1.165, 1.54) is 0 Å². The third kappa shape index (κ3) is 2.16. The van der Waals surface area contributed by atoms with Gasteiger partial charge in [0.05, 0.1) is 18.6 Å². The van der Waals surface area contributed by atoms with E-state index in [-0.39, 0.29) is 0 Å². The highest BCUT2D eigenvalue weighted by molar-refractivity contribution is 5.51. The lowest BCUT2D eigenvalue weighted by atomic mass is 10.2. The Kier molecular flexibility index (Phi) is 2.81. The standard InChI is InChI=1S/C12H15N3O/c1-8-3-4-10(5-12(8)16)13-6-11-9(2)14-7-15-11/h3-5,7,13,16H,6H2,1-2H3,(H,14,15). The van der Waals surface area contributed by atoms with Crippen LogP contribution in [0, 0.1) is 13.8 Å². The summed E-state index contributed by atoms with van der Waals surface area (Å²) in [5.74, 6) is 0.309. The summed E-state index contributed by atoms with van der Waals surface area (Å²) in [6, 6.07) is 5.55. The number of aromatic nitrogens is 2. The summed E-state index contributed by atoms with van der Waals surface area (Å²) in [5, 5.41) is 12.8. The second-order valence-corrected chi connectivity index (χ2v) is 3.83. The Balaban J connectivity index is 2.05. The molecule has 0 radical (unpaired) electrons. The van der Waals surface area contributed by atoms with Crippen molar-refractivity contribution in [2.45, 2.75) is 20.4 Å². The van der Waals surface area contributed by atoms with Crippen molar-refractivity contribution in [1.29, 1.82) is 0 Å². The van der Waals surface area contributed by atoms with E-state index in [0.29, 0.717) is 12.3 Å². The van der Waals surface area contributed by atoms with Gasteiger partial charge in [-0.25, -0.2) is 4.98 Å². The zero-order chi connectivity index (χ0) is 11.5. The van der Waals surface area contributed by atoms with Crippen LogP contribution in [-0.4, -0.2) is 15.1 Å². The van der Waals surface area contributed by atoms with Gasteiger partial charge in [-0.3, -0.25) is 0 Å². The number of benzene rings is 1. The van der Waals surface area contributed by atoms with Gasteiger partial charge in [0.25, 0.3) is 0 Å². The molecule has 84 valence electrons. The van der Waals surface area contributed by atoms with Crippen LogP contribution in [0.2, 0.25) is 0 Å². The Morgan fingerprint density at radius 1 is 1.38 bits per heavy atom. The van der Waals surface area contributed by atoms with Gasteiger partial charge in [-0.15, -0.1) is 0 Å². The van der Waals surface area contributed by atoms with Crippen LogP contribution in [0.5, 0.6) is 5.75 Å². The highest BCUT2D eigenvalue weighted by Crippen LogP contribution is 2.21. The van der Waals surface area contributed by atoms with Gasteiger partial charge >= 0.3 is 0 Å². The number of phenols is 1. The summed E-state index contributed by atoms with van der Waals surface area (Å²) in [6.45, 7) is 4.51. The number of H-pyrrole nitrogens is 1. The number of nitrogens with zero attached hydrogens (tertiary/aromatic N) is 1. The Morgan fingerprint density at radius 2 is 2.19 bits per heavy atom. The molecule has 1 aromatic heterocycles. The molecule has 0 aliphatic heterocycles. The number of nitrogens with one attached hydrogen (secondary N) is 2. The lowest BCUT2D eigenvalue weighted by Crippen LogP contribution is -2.01. The van der Waals surface area contributed by atoms with E-state index in [0.717, 1.165) is 22.6 Å². The molecule has 0 saturated heterocycles. The number of hydrogen-bond acceptors (Lipinski definition) is 3.